The first-order chi connectivity index (χ1) is 14.0. The van der Waals surface area contributed by atoms with Crippen LogP contribution in [-0.4, -0.2) is 16.0 Å². The van der Waals surface area contributed by atoms with Gasteiger partial charge in [-0.2, -0.15) is 0 Å². The van der Waals surface area contributed by atoms with E-state index in [-0.39, 0.29) is 33.5 Å². The molecule has 7 heteroatoms. The Hall–Kier alpha value is -3.64. The maximum atomic E-state index is 13.4. The molecule has 2 aromatic carbocycles. The van der Waals surface area contributed by atoms with Gasteiger partial charge in [0.2, 0.25) is 5.76 Å². The molecule has 0 saturated heterocycles. The summed E-state index contributed by atoms with van der Waals surface area (Å²) in [5.41, 5.74) is 0.699. The van der Waals surface area contributed by atoms with Gasteiger partial charge in [0.05, 0.1) is 17.0 Å². The van der Waals surface area contributed by atoms with Gasteiger partial charge in [-0.25, -0.2) is 4.98 Å². The van der Waals surface area contributed by atoms with E-state index in [9.17, 15) is 14.7 Å². The predicted octanol–water partition coefficient (Wildman–Crippen LogP) is 4.30. The van der Waals surface area contributed by atoms with Crippen LogP contribution < -0.4 is 10.3 Å². The molecule has 6 nitrogen and oxygen atoms in total. The van der Waals surface area contributed by atoms with Gasteiger partial charge in [-0.1, -0.05) is 29.8 Å². The first-order valence-corrected chi connectivity index (χ1v) is 9.22. The number of amides is 1. The molecule has 2 aromatic heterocycles. The molecule has 29 heavy (non-hydrogen) atoms. The number of halogens is 1. The number of carbonyl (C=O) groups excluding carboxylic acids is 1. The van der Waals surface area contributed by atoms with Crippen molar-refractivity contribution in [3.63, 3.8) is 0 Å². The average Bonchev–Trinajstić information content (AvgIpc) is 3.02. The number of carbonyl (C=O) groups is 1. The number of pyridine rings is 1. The molecule has 0 radical (unpaired) electrons. The smallest absolute Gasteiger partial charge is 0.296 e. The quantitative estimate of drug-likeness (QED) is 0.538. The monoisotopic (exact) mass is 404 g/mol. The summed E-state index contributed by atoms with van der Waals surface area (Å²) in [6.07, 6.45) is 1.57. The van der Waals surface area contributed by atoms with E-state index in [1.54, 1.807) is 48.7 Å². The number of benzene rings is 2. The van der Waals surface area contributed by atoms with Crippen LogP contribution in [0.1, 0.15) is 27.7 Å². The van der Waals surface area contributed by atoms with Crippen LogP contribution in [0.2, 0.25) is 5.02 Å². The second-order valence-corrected chi connectivity index (χ2v) is 7.11. The van der Waals surface area contributed by atoms with Crippen LogP contribution in [-0.2, 0) is 0 Å². The topological polar surface area (TPSA) is 83.6 Å². The zero-order chi connectivity index (χ0) is 20.1. The maximum absolute atomic E-state index is 13.4. The Balaban J connectivity index is 1.84. The second-order valence-electron chi connectivity index (χ2n) is 6.68. The number of hydrogen-bond donors (Lipinski definition) is 1. The fraction of sp³-hybridized carbons (Fsp3) is 0.0455. The molecule has 0 spiro atoms. The Morgan fingerprint density at radius 2 is 1.90 bits per heavy atom. The highest BCUT2D eigenvalue weighted by Crippen LogP contribution is 2.41. The van der Waals surface area contributed by atoms with Crippen LogP contribution in [0, 0.1) is 0 Å². The van der Waals surface area contributed by atoms with Gasteiger partial charge in [0, 0.05) is 11.2 Å². The van der Waals surface area contributed by atoms with Gasteiger partial charge in [-0.15, -0.1) is 0 Å². The summed E-state index contributed by atoms with van der Waals surface area (Å²) in [6.45, 7) is 0. The van der Waals surface area contributed by atoms with Crippen molar-refractivity contribution < 1.29 is 14.3 Å². The molecule has 0 bridgehead atoms. The van der Waals surface area contributed by atoms with E-state index in [1.165, 1.54) is 23.1 Å². The molecule has 0 fully saturated rings. The lowest BCUT2D eigenvalue weighted by Crippen LogP contribution is -2.30. The minimum Gasteiger partial charge on any atom is -0.508 e. The van der Waals surface area contributed by atoms with Gasteiger partial charge in [-0.05, 0) is 48.0 Å². The zero-order valence-corrected chi connectivity index (χ0v) is 15.6. The van der Waals surface area contributed by atoms with Gasteiger partial charge in [0.25, 0.3) is 5.91 Å². The third-order valence-electron chi connectivity index (χ3n) is 4.91. The van der Waals surface area contributed by atoms with Gasteiger partial charge >= 0.3 is 0 Å². The van der Waals surface area contributed by atoms with Gasteiger partial charge in [0.15, 0.2) is 5.43 Å². The van der Waals surface area contributed by atoms with Crippen molar-refractivity contribution in [2.24, 2.45) is 0 Å². The van der Waals surface area contributed by atoms with E-state index in [0.717, 1.165) is 0 Å². The maximum Gasteiger partial charge on any atom is 0.296 e. The van der Waals surface area contributed by atoms with Crippen molar-refractivity contribution in [1.29, 1.82) is 0 Å². The molecule has 1 aliphatic heterocycles. The van der Waals surface area contributed by atoms with E-state index < -0.39 is 11.9 Å². The van der Waals surface area contributed by atoms with Gasteiger partial charge < -0.3 is 9.52 Å². The highest BCUT2D eigenvalue weighted by atomic mass is 35.5. The van der Waals surface area contributed by atoms with E-state index >= 15 is 0 Å². The normalized spacial score (nSPS) is 15.7. The third kappa shape index (κ3) is 2.68. The number of fused-ring (bicyclic) bond motifs is 2. The standard InChI is InChI=1S/C22H13ClN2O4/c23-13-7-8-16-15(11-13)20(27)18-19(12-4-3-5-14(26)10-12)25(22(28)21(18)29-16)17-6-1-2-9-24-17/h1-11,19,26H. The molecule has 1 unspecified atom stereocenters. The average molecular weight is 405 g/mol. The predicted molar refractivity (Wildman–Crippen MR) is 108 cm³/mol. The summed E-state index contributed by atoms with van der Waals surface area (Å²) in [6, 6.07) is 15.5. The highest BCUT2D eigenvalue weighted by Gasteiger charge is 2.44. The number of aromatic hydroxyl groups is 1. The van der Waals surface area contributed by atoms with Crippen molar-refractivity contribution in [2.45, 2.75) is 6.04 Å². The molecule has 1 N–H and O–H groups in total. The Morgan fingerprint density at radius 1 is 1.03 bits per heavy atom. The van der Waals surface area contributed by atoms with E-state index in [4.69, 9.17) is 16.0 Å². The van der Waals surface area contributed by atoms with E-state index in [1.807, 2.05) is 0 Å². The summed E-state index contributed by atoms with van der Waals surface area (Å²) in [5.74, 6) is -0.110. The summed E-state index contributed by atoms with van der Waals surface area (Å²) in [5, 5.41) is 10.7. The largest absolute Gasteiger partial charge is 0.508 e. The van der Waals surface area contributed by atoms with Crippen molar-refractivity contribution in [3.8, 4) is 5.75 Å². The van der Waals surface area contributed by atoms with Crippen molar-refractivity contribution in [1.82, 2.24) is 4.98 Å². The summed E-state index contributed by atoms with van der Waals surface area (Å²) in [4.78, 5) is 32.4. The fourth-order valence-electron chi connectivity index (χ4n) is 3.69. The first kappa shape index (κ1) is 17.5. The molecule has 0 saturated carbocycles. The van der Waals surface area contributed by atoms with Crippen LogP contribution in [0.3, 0.4) is 0 Å². The lowest BCUT2D eigenvalue weighted by molar-refractivity contribution is 0.0970. The zero-order valence-electron chi connectivity index (χ0n) is 14.9. The van der Waals surface area contributed by atoms with E-state index in [0.29, 0.717) is 16.4 Å². The Bertz CT molecular complexity index is 1330. The van der Waals surface area contributed by atoms with Crippen molar-refractivity contribution in [2.75, 3.05) is 4.90 Å². The van der Waals surface area contributed by atoms with Crippen LogP contribution in [0.25, 0.3) is 11.0 Å². The molecule has 3 heterocycles. The molecule has 1 aliphatic rings. The van der Waals surface area contributed by atoms with Gasteiger partial charge in [-0.3, -0.25) is 14.5 Å². The Labute approximate surface area is 169 Å². The fourth-order valence-corrected chi connectivity index (χ4v) is 3.86. The number of hydrogen-bond acceptors (Lipinski definition) is 5. The number of phenolic OH excluding ortho intramolecular Hbond substituents is 1. The van der Waals surface area contributed by atoms with Crippen LogP contribution in [0.4, 0.5) is 5.82 Å². The third-order valence-corrected chi connectivity index (χ3v) is 5.15. The van der Waals surface area contributed by atoms with Crippen LogP contribution in [0.15, 0.2) is 76.1 Å². The summed E-state index contributed by atoms with van der Waals surface area (Å²) in [7, 11) is 0. The number of phenols is 1. The van der Waals surface area contributed by atoms with E-state index in [2.05, 4.69) is 4.98 Å². The van der Waals surface area contributed by atoms with Gasteiger partial charge in [0.1, 0.15) is 17.2 Å². The highest BCUT2D eigenvalue weighted by molar-refractivity contribution is 6.31. The molecular weight excluding hydrogens is 392 g/mol. The van der Waals surface area contributed by atoms with Crippen molar-refractivity contribution >= 4 is 34.3 Å². The number of nitrogens with zero attached hydrogens (tertiary/aromatic N) is 2. The van der Waals surface area contributed by atoms with Crippen molar-refractivity contribution in [3.05, 3.63) is 99.0 Å². The minimum atomic E-state index is -0.792. The SMILES string of the molecule is O=C1c2oc3ccc(Cl)cc3c(=O)c2C(c2cccc(O)c2)N1c1ccccn1. The number of aromatic nitrogens is 1. The molecular formula is C22H13ClN2O4. The summed E-state index contributed by atoms with van der Waals surface area (Å²) >= 11 is 6.07. The molecule has 1 atom stereocenters. The number of rotatable bonds is 2. The number of anilines is 1. The molecule has 5 rings (SSSR count). The lowest BCUT2D eigenvalue weighted by atomic mass is 9.98. The first-order valence-electron chi connectivity index (χ1n) is 8.84. The second kappa shape index (κ2) is 6.46. The molecule has 0 aliphatic carbocycles. The summed E-state index contributed by atoms with van der Waals surface area (Å²) < 4.78 is 5.85. The van der Waals surface area contributed by atoms with Crippen LogP contribution >= 0.6 is 11.6 Å². The lowest BCUT2D eigenvalue weighted by Gasteiger charge is -2.24. The Kier molecular flexibility index (Phi) is 3.89. The minimum absolute atomic E-state index is 0.0255. The molecule has 4 aromatic rings. The molecule has 1 amide bonds. The van der Waals surface area contributed by atoms with Crippen LogP contribution in [0.5, 0.6) is 5.75 Å². The Morgan fingerprint density at radius 3 is 2.66 bits per heavy atom. The molecule has 142 valence electrons.